The summed E-state index contributed by atoms with van der Waals surface area (Å²) in [5, 5.41) is 20.8. The lowest BCUT2D eigenvalue weighted by Gasteiger charge is -2.07. The lowest BCUT2D eigenvalue weighted by molar-refractivity contribution is 0.278. The summed E-state index contributed by atoms with van der Waals surface area (Å²) in [6.07, 6.45) is 0. The molecule has 0 aliphatic heterocycles. The Hall–Kier alpha value is -1.59. The van der Waals surface area contributed by atoms with Crippen LogP contribution in [0, 0.1) is 0 Å². The van der Waals surface area contributed by atoms with Gasteiger partial charge in [-0.05, 0) is 12.1 Å². The van der Waals surface area contributed by atoms with Gasteiger partial charge in [-0.2, -0.15) is 0 Å². The molecule has 0 unspecified atom stereocenters. The fourth-order valence-corrected chi connectivity index (χ4v) is 1.70. The third-order valence-electron chi connectivity index (χ3n) is 2.37. The van der Waals surface area contributed by atoms with Gasteiger partial charge in [0.05, 0.1) is 24.2 Å². The molecule has 5 heteroatoms. The summed E-state index contributed by atoms with van der Waals surface area (Å²) >= 11 is 0. The molecule has 0 amide bonds. The third-order valence-corrected chi connectivity index (χ3v) is 2.37. The molecule has 0 aliphatic rings. The quantitative estimate of drug-likeness (QED) is 0.685. The highest BCUT2D eigenvalue weighted by atomic mass is 16.3. The number of hydrogen-bond donors (Lipinski definition) is 3. The molecule has 86 valence electrons. The fourth-order valence-electron chi connectivity index (χ4n) is 1.70. The lowest BCUT2D eigenvalue weighted by Crippen LogP contribution is -2.12. The topological polar surface area (TPSA) is 70.3 Å². The number of benzene rings is 1. The molecule has 2 rings (SSSR count). The van der Waals surface area contributed by atoms with Crippen molar-refractivity contribution in [1.29, 1.82) is 0 Å². The maximum absolute atomic E-state index is 9.02. The second-order valence-corrected chi connectivity index (χ2v) is 3.45. The van der Waals surface area contributed by atoms with Crippen LogP contribution in [0.5, 0.6) is 0 Å². The molecule has 0 atom stereocenters. The molecule has 0 bridgehead atoms. The second kappa shape index (κ2) is 4.96. The van der Waals surface area contributed by atoms with Crippen LogP contribution in [0.25, 0.3) is 11.0 Å². The summed E-state index contributed by atoms with van der Waals surface area (Å²) in [5.74, 6) is 0.685. The van der Waals surface area contributed by atoms with Crippen molar-refractivity contribution in [3.05, 3.63) is 24.3 Å². The minimum Gasteiger partial charge on any atom is -0.395 e. The van der Waals surface area contributed by atoms with Gasteiger partial charge >= 0.3 is 0 Å². The summed E-state index contributed by atoms with van der Waals surface area (Å²) in [4.78, 5) is 4.40. The highest BCUT2D eigenvalue weighted by Gasteiger charge is 2.08. The number of anilines is 1. The first-order valence-corrected chi connectivity index (χ1v) is 5.27. The highest BCUT2D eigenvalue weighted by Crippen LogP contribution is 2.18. The van der Waals surface area contributed by atoms with Gasteiger partial charge in [-0.3, -0.25) is 0 Å². The molecular formula is C11H15N3O2. The van der Waals surface area contributed by atoms with E-state index in [0.29, 0.717) is 19.0 Å². The van der Waals surface area contributed by atoms with Crippen LogP contribution in [-0.2, 0) is 6.54 Å². The predicted molar refractivity (Wildman–Crippen MR) is 62.4 cm³/mol. The van der Waals surface area contributed by atoms with Gasteiger partial charge in [0.25, 0.3) is 0 Å². The van der Waals surface area contributed by atoms with E-state index in [1.807, 2.05) is 28.8 Å². The van der Waals surface area contributed by atoms with E-state index in [4.69, 9.17) is 10.2 Å². The van der Waals surface area contributed by atoms with Crippen LogP contribution in [0.2, 0.25) is 0 Å². The first-order chi connectivity index (χ1) is 7.86. The van der Waals surface area contributed by atoms with Crippen LogP contribution in [-0.4, -0.2) is 39.5 Å². The standard InChI is InChI=1S/C11H15N3O2/c15-7-5-12-11-13-9-3-1-2-4-10(9)14(11)6-8-16/h1-4,15-16H,5-8H2,(H,12,13). The van der Waals surface area contributed by atoms with Crippen molar-refractivity contribution in [2.45, 2.75) is 6.54 Å². The zero-order valence-electron chi connectivity index (χ0n) is 8.93. The largest absolute Gasteiger partial charge is 0.395 e. The van der Waals surface area contributed by atoms with Crippen molar-refractivity contribution < 1.29 is 10.2 Å². The summed E-state index contributed by atoms with van der Waals surface area (Å²) < 4.78 is 1.91. The highest BCUT2D eigenvalue weighted by molar-refractivity contribution is 5.78. The first kappa shape index (κ1) is 10.9. The van der Waals surface area contributed by atoms with Gasteiger partial charge in [0.2, 0.25) is 5.95 Å². The Labute approximate surface area is 93.3 Å². The number of fused-ring (bicyclic) bond motifs is 1. The van der Waals surface area contributed by atoms with E-state index in [0.717, 1.165) is 11.0 Å². The molecule has 0 spiro atoms. The average Bonchev–Trinajstić information content (AvgIpc) is 2.66. The minimum atomic E-state index is 0.0579. The minimum absolute atomic E-state index is 0.0579. The molecule has 0 saturated heterocycles. The molecule has 2 aromatic rings. The van der Waals surface area contributed by atoms with Crippen LogP contribution in [0.15, 0.2) is 24.3 Å². The number of nitrogens with one attached hydrogen (secondary N) is 1. The van der Waals surface area contributed by atoms with Crippen molar-refractivity contribution in [2.75, 3.05) is 25.1 Å². The SMILES string of the molecule is OCCNc1nc2ccccc2n1CCO. The Morgan fingerprint density at radius 3 is 2.75 bits per heavy atom. The summed E-state index contributed by atoms with van der Waals surface area (Å²) in [6.45, 7) is 1.07. The Bertz CT molecular complexity index is 467. The van der Waals surface area contributed by atoms with Crippen molar-refractivity contribution in [3.63, 3.8) is 0 Å². The Kier molecular flexibility index (Phi) is 3.38. The number of aliphatic hydroxyl groups is 2. The number of para-hydroxylation sites is 2. The Balaban J connectivity index is 2.41. The molecule has 1 aromatic carbocycles. The number of imidazole rings is 1. The van der Waals surface area contributed by atoms with Crippen LogP contribution in [0.3, 0.4) is 0 Å². The zero-order chi connectivity index (χ0) is 11.4. The Morgan fingerprint density at radius 1 is 1.19 bits per heavy atom. The number of aromatic nitrogens is 2. The molecular weight excluding hydrogens is 206 g/mol. The van der Waals surface area contributed by atoms with E-state index in [1.165, 1.54) is 0 Å². The van der Waals surface area contributed by atoms with Crippen molar-refractivity contribution in [3.8, 4) is 0 Å². The third kappa shape index (κ3) is 2.00. The van der Waals surface area contributed by atoms with E-state index in [1.54, 1.807) is 0 Å². The van der Waals surface area contributed by atoms with Gasteiger partial charge in [0.1, 0.15) is 0 Å². The maximum atomic E-state index is 9.02. The summed E-state index contributed by atoms with van der Waals surface area (Å²) in [7, 11) is 0. The van der Waals surface area contributed by atoms with E-state index >= 15 is 0 Å². The van der Waals surface area contributed by atoms with Crippen LogP contribution in [0.1, 0.15) is 0 Å². The van der Waals surface area contributed by atoms with Gasteiger partial charge in [0.15, 0.2) is 0 Å². The molecule has 0 fully saturated rings. The van der Waals surface area contributed by atoms with Crippen molar-refractivity contribution in [1.82, 2.24) is 9.55 Å². The molecule has 1 aromatic heterocycles. The van der Waals surface area contributed by atoms with Gasteiger partial charge < -0.3 is 20.1 Å². The normalized spacial score (nSPS) is 10.9. The first-order valence-electron chi connectivity index (χ1n) is 5.27. The van der Waals surface area contributed by atoms with E-state index < -0.39 is 0 Å². The number of hydrogen-bond acceptors (Lipinski definition) is 4. The molecule has 1 heterocycles. The van der Waals surface area contributed by atoms with E-state index in [2.05, 4.69) is 10.3 Å². The molecule has 5 nitrogen and oxygen atoms in total. The van der Waals surface area contributed by atoms with Crippen molar-refractivity contribution in [2.24, 2.45) is 0 Å². The van der Waals surface area contributed by atoms with Gasteiger partial charge in [-0.1, -0.05) is 12.1 Å². The second-order valence-electron chi connectivity index (χ2n) is 3.45. The number of aliphatic hydroxyl groups excluding tert-OH is 2. The zero-order valence-corrected chi connectivity index (χ0v) is 8.93. The van der Waals surface area contributed by atoms with E-state index in [9.17, 15) is 0 Å². The van der Waals surface area contributed by atoms with Crippen LogP contribution >= 0.6 is 0 Å². The number of nitrogens with zero attached hydrogens (tertiary/aromatic N) is 2. The van der Waals surface area contributed by atoms with E-state index in [-0.39, 0.29) is 13.2 Å². The van der Waals surface area contributed by atoms with Gasteiger partial charge in [0, 0.05) is 13.1 Å². The Morgan fingerprint density at radius 2 is 2.00 bits per heavy atom. The molecule has 0 saturated carbocycles. The predicted octanol–water partition coefficient (Wildman–Crippen LogP) is 0.433. The number of rotatable bonds is 5. The monoisotopic (exact) mass is 221 g/mol. The summed E-state index contributed by atoms with van der Waals surface area (Å²) in [5.41, 5.74) is 1.87. The molecule has 0 radical (unpaired) electrons. The molecule has 0 aliphatic carbocycles. The van der Waals surface area contributed by atoms with Gasteiger partial charge in [-0.25, -0.2) is 4.98 Å². The molecule has 16 heavy (non-hydrogen) atoms. The molecule has 3 N–H and O–H groups in total. The average molecular weight is 221 g/mol. The van der Waals surface area contributed by atoms with Gasteiger partial charge in [-0.15, -0.1) is 0 Å². The lowest BCUT2D eigenvalue weighted by atomic mass is 10.3. The van der Waals surface area contributed by atoms with Crippen LogP contribution < -0.4 is 5.32 Å². The summed E-state index contributed by atoms with van der Waals surface area (Å²) in [6, 6.07) is 7.75. The maximum Gasteiger partial charge on any atom is 0.204 e. The smallest absolute Gasteiger partial charge is 0.204 e. The fraction of sp³-hybridized carbons (Fsp3) is 0.364. The van der Waals surface area contributed by atoms with Crippen LogP contribution in [0.4, 0.5) is 5.95 Å². The van der Waals surface area contributed by atoms with Crippen molar-refractivity contribution >= 4 is 17.0 Å².